The average Bonchev–Trinajstić information content (AvgIpc) is 2.30. The molecule has 1 aromatic carbocycles. The average molecular weight is 219 g/mol. The van der Waals surface area contributed by atoms with Crippen molar-refractivity contribution in [2.24, 2.45) is 0 Å². The quantitative estimate of drug-likeness (QED) is 0.766. The van der Waals surface area contributed by atoms with Crippen molar-refractivity contribution >= 4 is 11.6 Å². The molecule has 1 heterocycles. The minimum Gasteiger partial charge on any atom is -0.326 e. The van der Waals surface area contributed by atoms with Gasteiger partial charge in [-0.05, 0) is 29.5 Å². The standard InChI is InChI=1S/C12H15NO.C2H6/c1-8(2)10-4-3-9-5-6-12(14)13-11(9)7-10;1-2/h3-4,7-8H,5-6H2,1-2H3,(H,13,14);1-2H3. The molecule has 2 nitrogen and oxygen atoms in total. The lowest BCUT2D eigenvalue weighted by atomic mass is 9.96. The highest BCUT2D eigenvalue weighted by atomic mass is 16.1. The lowest BCUT2D eigenvalue weighted by Gasteiger charge is -2.18. The SMILES string of the molecule is CC.CC(C)c1ccc2c(c1)NC(=O)CC2. The summed E-state index contributed by atoms with van der Waals surface area (Å²) in [4.78, 5) is 11.2. The van der Waals surface area contributed by atoms with Crippen molar-refractivity contribution in [2.45, 2.75) is 46.5 Å². The summed E-state index contributed by atoms with van der Waals surface area (Å²) >= 11 is 0. The molecule has 0 saturated heterocycles. The van der Waals surface area contributed by atoms with Crippen molar-refractivity contribution in [3.63, 3.8) is 0 Å². The van der Waals surface area contributed by atoms with Gasteiger partial charge < -0.3 is 5.32 Å². The molecule has 16 heavy (non-hydrogen) atoms. The molecule has 0 aliphatic carbocycles. The van der Waals surface area contributed by atoms with Gasteiger partial charge in [-0.1, -0.05) is 39.8 Å². The van der Waals surface area contributed by atoms with Crippen LogP contribution in [0.25, 0.3) is 0 Å². The van der Waals surface area contributed by atoms with E-state index in [1.54, 1.807) is 0 Å². The third kappa shape index (κ3) is 2.84. The van der Waals surface area contributed by atoms with Crippen molar-refractivity contribution in [1.82, 2.24) is 0 Å². The van der Waals surface area contributed by atoms with Crippen molar-refractivity contribution in [3.8, 4) is 0 Å². The molecule has 2 rings (SSSR count). The first-order chi connectivity index (χ1) is 7.66. The van der Waals surface area contributed by atoms with E-state index in [9.17, 15) is 4.79 Å². The molecule has 0 spiro atoms. The van der Waals surface area contributed by atoms with Crippen LogP contribution in [0.1, 0.15) is 51.2 Å². The Hall–Kier alpha value is -1.31. The molecule has 0 bridgehead atoms. The topological polar surface area (TPSA) is 29.1 Å². The number of anilines is 1. The first-order valence-electron chi connectivity index (χ1n) is 6.09. The fourth-order valence-corrected chi connectivity index (χ4v) is 1.75. The van der Waals surface area contributed by atoms with Crippen LogP contribution in [-0.2, 0) is 11.2 Å². The maximum atomic E-state index is 11.2. The second-order valence-electron chi connectivity index (χ2n) is 4.12. The number of fused-ring (bicyclic) bond motifs is 1. The van der Waals surface area contributed by atoms with E-state index in [1.807, 2.05) is 13.8 Å². The van der Waals surface area contributed by atoms with E-state index in [0.717, 1.165) is 12.1 Å². The number of hydrogen-bond donors (Lipinski definition) is 1. The Morgan fingerprint density at radius 2 is 1.88 bits per heavy atom. The summed E-state index contributed by atoms with van der Waals surface area (Å²) in [5.41, 5.74) is 3.55. The Morgan fingerprint density at radius 3 is 2.50 bits per heavy atom. The van der Waals surface area contributed by atoms with Gasteiger partial charge >= 0.3 is 0 Å². The molecule has 0 radical (unpaired) electrons. The zero-order valence-electron chi connectivity index (χ0n) is 10.6. The van der Waals surface area contributed by atoms with E-state index in [0.29, 0.717) is 12.3 Å². The zero-order valence-corrected chi connectivity index (χ0v) is 10.6. The minimum atomic E-state index is 0.137. The van der Waals surface area contributed by atoms with E-state index in [-0.39, 0.29) is 5.91 Å². The smallest absolute Gasteiger partial charge is 0.224 e. The number of nitrogens with one attached hydrogen (secondary N) is 1. The van der Waals surface area contributed by atoms with Crippen LogP contribution in [0.5, 0.6) is 0 Å². The van der Waals surface area contributed by atoms with Gasteiger partial charge in [0.1, 0.15) is 0 Å². The first kappa shape index (κ1) is 12.8. The maximum Gasteiger partial charge on any atom is 0.224 e. The molecule has 1 aromatic rings. The monoisotopic (exact) mass is 219 g/mol. The largest absolute Gasteiger partial charge is 0.326 e. The molecule has 88 valence electrons. The number of benzene rings is 1. The van der Waals surface area contributed by atoms with Crippen LogP contribution in [0.3, 0.4) is 0 Å². The summed E-state index contributed by atoms with van der Waals surface area (Å²) in [6.07, 6.45) is 1.49. The maximum absolute atomic E-state index is 11.2. The van der Waals surface area contributed by atoms with E-state index in [2.05, 4.69) is 37.4 Å². The van der Waals surface area contributed by atoms with E-state index in [4.69, 9.17) is 0 Å². The number of carbonyl (C=O) groups is 1. The Morgan fingerprint density at radius 1 is 1.19 bits per heavy atom. The molecule has 1 amide bonds. The normalized spacial score (nSPS) is 13.7. The van der Waals surface area contributed by atoms with Gasteiger partial charge in [0, 0.05) is 12.1 Å². The molecule has 1 aliphatic rings. The number of rotatable bonds is 1. The van der Waals surface area contributed by atoms with Crippen molar-refractivity contribution in [2.75, 3.05) is 5.32 Å². The van der Waals surface area contributed by atoms with E-state index < -0.39 is 0 Å². The van der Waals surface area contributed by atoms with Crippen LogP contribution in [0.2, 0.25) is 0 Å². The fraction of sp³-hybridized carbons (Fsp3) is 0.500. The van der Waals surface area contributed by atoms with Gasteiger partial charge in [-0.25, -0.2) is 0 Å². The lowest BCUT2D eigenvalue weighted by molar-refractivity contribution is -0.116. The molecular weight excluding hydrogens is 198 g/mol. The molecule has 1 aliphatic heterocycles. The van der Waals surface area contributed by atoms with Gasteiger partial charge in [-0.15, -0.1) is 0 Å². The predicted molar refractivity (Wildman–Crippen MR) is 68.8 cm³/mol. The van der Waals surface area contributed by atoms with Crippen molar-refractivity contribution in [1.29, 1.82) is 0 Å². The summed E-state index contributed by atoms with van der Waals surface area (Å²) < 4.78 is 0. The Balaban J connectivity index is 0.000000606. The predicted octanol–water partition coefficient (Wildman–Crippen LogP) is 3.72. The van der Waals surface area contributed by atoms with Gasteiger partial charge in [-0.2, -0.15) is 0 Å². The minimum absolute atomic E-state index is 0.137. The zero-order chi connectivity index (χ0) is 12.1. The third-order valence-corrected chi connectivity index (χ3v) is 2.70. The van der Waals surface area contributed by atoms with Crippen LogP contribution >= 0.6 is 0 Å². The first-order valence-corrected chi connectivity index (χ1v) is 6.09. The molecular formula is C14H21NO. The van der Waals surface area contributed by atoms with Gasteiger partial charge in [-0.3, -0.25) is 4.79 Å². The summed E-state index contributed by atoms with van der Waals surface area (Å²) in [5, 5.41) is 2.92. The highest BCUT2D eigenvalue weighted by molar-refractivity contribution is 5.93. The molecule has 0 aromatic heterocycles. The van der Waals surface area contributed by atoms with E-state index in [1.165, 1.54) is 11.1 Å². The second-order valence-corrected chi connectivity index (χ2v) is 4.12. The van der Waals surface area contributed by atoms with Crippen LogP contribution in [0, 0.1) is 0 Å². The number of aryl methyl sites for hydroxylation is 1. The number of amides is 1. The summed E-state index contributed by atoms with van der Waals surface area (Å²) in [7, 11) is 0. The number of hydrogen-bond acceptors (Lipinski definition) is 1. The van der Waals surface area contributed by atoms with Crippen LogP contribution < -0.4 is 5.32 Å². The summed E-state index contributed by atoms with van der Waals surface area (Å²) in [5.74, 6) is 0.650. The highest BCUT2D eigenvalue weighted by Gasteiger charge is 2.14. The number of carbonyl (C=O) groups excluding carboxylic acids is 1. The third-order valence-electron chi connectivity index (χ3n) is 2.70. The van der Waals surface area contributed by atoms with Crippen LogP contribution in [0.4, 0.5) is 5.69 Å². The van der Waals surface area contributed by atoms with Crippen molar-refractivity contribution < 1.29 is 4.79 Å². The summed E-state index contributed by atoms with van der Waals surface area (Å²) in [6, 6.07) is 6.38. The molecule has 0 unspecified atom stereocenters. The fourth-order valence-electron chi connectivity index (χ4n) is 1.75. The van der Waals surface area contributed by atoms with Gasteiger partial charge in [0.05, 0.1) is 0 Å². The Bertz CT molecular complexity index is 369. The molecule has 2 heteroatoms. The van der Waals surface area contributed by atoms with Crippen LogP contribution in [0.15, 0.2) is 18.2 Å². The van der Waals surface area contributed by atoms with Gasteiger partial charge in [0.15, 0.2) is 0 Å². The Kier molecular flexibility index (Phi) is 4.53. The highest BCUT2D eigenvalue weighted by Crippen LogP contribution is 2.26. The van der Waals surface area contributed by atoms with Gasteiger partial charge in [0.25, 0.3) is 0 Å². The van der Waals surface area contributed by atoms with Crippen molar-refractivity contribution in [3.05, 3.63) is 29.3 Å². The second kappa shape index (κ2) is 5.69. The van der Waals surface area contributed by atoms with Gasteiger partial charge in [0.2, 0.25) is 5.91 Å². The molecule has 0 atom stereocenters. The summed E-state index contributed by atoms with van der Waals surface area (Å²) in [6.45, 7) is 8.32. The molecule has 1 N–H and O–H groups in total. The lowest BCUT2D eigenvalue weighted by Crippen LogP contribution is -2.19. The Labute approximate surface area is 98.1 Å². The molecule has 0 saturated carbocycles. The van der Waals surface area contributed by atoms with Crippen LogP contribution in [-0.4, -0.2) is 5.91 Å². The van der Waals surface area contributed by atoms with E-state index >= 15 is 0 Å². The molecule has 0 fully saturated rings.